The molecule has 182 valence electrons. The average molecular weight is 490 g/mol. The Kier molecular flexibility index (Phi) is 7.08. The lowest BCUT2D eigenvalue weighted by atomic mass is 9.87. The van der Waals surface area contributed by atoms with Crippen molar-refractivity contribution in [2.75, 3.05) is 26.2 Å². The molecule has 0 N–H and O–H groups in total. The zero-order chi connectivity index (χ0) is 24.4. The van der Waals surface area contributed by atoms with Gasteiger partial charge in [0.15, 0.2) is 0 Å². The number of hydrogen-bond acceptors (Lipinski definition) is 6. The van der Waals surface area contributed by atoms with Crippen molar-refractivity contribution in [3.8, 4) is 5.75 Å². The Morgan fingerprint density at radius 1 is 1.27 bits per heavy atom. The Morgan fingerprint density at radius 2 is 1.88 bits per heavy atom. The van der Waals surface area contributed by atoms with Crippen molar-refractivity contribution in [3.05, 3.63) is 36.4 Å². The van der Waals surface area contributed by atoms with Gasteiger partial charge in [0.25, 0.3) is 5.91 Å². The molecular weight excluding hydrogens is 463 g/mol. The molecule has 0 unspecified atom stereocenters. The van der Waals surface area contributed by atoms with Gasteiger partial charge in [-0.05, 0) is 38.1 Å². The van der Waals surface area contributed by atoms with E-state index in [1.54, 1.807) is 4.90 Å². The van der Waals surface area contributed by atoms with Gasteiger partial charge in [-0.1, -0.05) is 17.3 Å². The number of oxime groups is 1. The minimum absolute atomic E-state index is 0.128. The van der Waals surface area contributed by atoms with E-state index >= 15 is 0 Å². The Bertz CT molecular complexity index is 1030. The van der Waals surface area contributed by atoms with Crippen molar-refractivity contribution >= 4 is 21.6 Å². The van der Waals surface area contributed by atoms with Crippen molar-refractivity contribution < 1.29 is 36.0 Å². The molecule has 1 amide bonds. The molecule has 33 heavy (non-hydrogen) atoms. The standard InChI is InChI=1S/C21H26F3N3O5S/c1-4-26(14-15(2)3)19(28)18-13-20(32-25-18)9-11-27(12-10-20)33(29,30)17-7-5-16(6-8-17)31-21(22,23)24/h5-8H,2,4,9-14H2,1,3H3. The second-order valence-corrected chi connectivity index (χ2v) is 10.1. The fraction of sp³-hybridized carbons (Fsp3) is 0.524. The number of sulfonamides is 1. The number of hydrogen-bond donors (Lipinski definition) is 0. The molecule has 0 saturated carbocycles. The fourth-order valence-electron chi connectivity index (χ4n) is 3.84. The van der Waals surface area contributed by atoms with E-state index < -0.39 is 27.7 Å². The molecule has 0 radical (unpaired) electrons. The molecule has 1 aromatic carbocycles. The topological polar surface area (TPSA) is 88.5 Å². The SMILES string of the molecule is C=C(C)CN(CC)C(=O)C1=NOC2(CCN(S(=O)(=O)c3ccc(OC(F)(F)F)cc3)CC2)C1. The first kappa shape index (κ1) is 25.0. The maximum Gasteiger partial charge on any atom is 0.573 e. The maximum atomic E-state index is 12.9. The highest BCUT2D eigenvalue weighted by molar-refractivity contribution is 7.89. The Labute approximate surface area is 190 Å². The quantitative estimate of drug-likeness (QED) is 0.549. The summed E-state index contributed by atoms with van der Waals surface area (Å²) in [5.41, 5.74) is 0.398. The lowest BCUT2D eigenvalue weighted by Gasteiger charge is -2.36. The van der Waals surface area contributed by atoms with Crippen molar-refractivity contribution in [1.82, 2.24) is 9.21 Å². The normalized spacial score (nSPS) is 18.5. The number of nitrogens with zero attached hydrogens (tertiary/aromatic N) is 3. The molecule has 2 aliphatic heterocycles. The van der Waals surface area contributed by atoms with Crippen LogP contribution in [0.2, 0.25) is 0 Å². The van der Waals surface area contributed by atoms with Crippen LogP contribution in [-0.2, 0) is 19.7 Å². The van der Waals surface area contributed by atoms with Gasteiger partial charge < -0.3 is 14.5 Å². The van der Waals surface area contributed by atoms with Crippen molar-refractivity contribution in [2.45, 2.75) is 50.0 Å². The van der Waals surface area contributed by atoms with Crippen LogP contribution < -0.4 is 4.74 Å². The summed E-state index contributed by atoms with van der Waals surface area (Å²) >= 11 is 0. The highest BCUT2D eigenvalue weighted by Gasteiger charge is 2.46. The van der Waals surface area contributed by atoms with Gasteiger partial charge in [-0.2, -0.15) is 4.31 Å². The molecule has 1 spiro atoms. The van der Waals surface area contributed by atoms with Gasteiger partial charge in [0.2, 0.25) is 10.0 Å². The van der Waals surface area contributed by atoms with E-state index in [1.807, 2.05) is 13.8 Å². The Hall–Kier alpha value is -2.60. The number of alkyl halides is 3. The lowest BCUT2D eigenvalue weighted by molar-refractivity contribution is -0.274. The summed E-state index contributed by atoms with van der Waals surface area (Å²) in [5.74, 6) is -0.728. The number of halogens is 3. The van der Waals surface area contributed by atoms with Crippen LogP contribution in [0, 0.1) is 0 Å². The zero-order valence-electron chi connectivity index (χ0n) is 18.4. The largest absolute Gasteiger partial charge is 0.573 e. The summed E-state index contributed by atoms with van der Waals surface area (Å²) in [7, 11) is -3.91. The lowest BCUT2D eigenvalue weighted by Crippen LogP contribution is -2.47. The second kappa shape index (κ2) is 9.34. The molecule has 0 aromatic heterocycles. The van der Waals surface area contributed by atoms with Crippen LogP contribution in [0.15, 0.2) is 46.5 Å². The van der Waals surface area contributed by atoms with Crippen molar-refractivity contribution in [2.24, 2.45) is 5.16 Å². The average Bonchev–Trinajstić information content (AvgIpc) is 3.14. The highest BCUT2D eigenvalue weighted by atomic mass is 32.2. The zero-order valence-corrected chi connectivity index (χ0v) is 19.2. The first-order valence-electron chi connectivity index (χ1n) is 10.4. The van der Waals surface area contributed by atoms with Crippen LogP contribution in [0.25, 0.3) is 0 Å². The Morgan fingerprint density at radius 3 is 2.39 bits per heavy atom. The van der Waals surface area contributed by atoms with Crippen LogP contribution >= 0.6 is 0 Å². The van der Waals surface area contributed by atoms with E-state index in [9.17, 15) is 26.4 Å². The van der Waals surface area contributed by atoms with E-state index in [-0.39, 0.29) is 30.3 Å². The molecule has 1 aromatic rings. The predicted octanol–water partition coefficient (Wildman–Crippen LogP) is 3.31. The molecular formula is C21H26F3N3O5S. The summed E-state index contributed by atoms with van der Waals surface area (Å²) in [5, 5.41) is 4.00. The van der Waals surface area contributed by atoms with Gasteiger partial charge in [0.05, 0.1) is 4.90 Å². The number of rotatable bonds is 7. The number of piperidine rings is 1. The van der Waals surface area contributed by atoms with E-state index in [2.05, 4.69) is 16.5 Å². The second-order valence-electron chi connectivity index (χ2n) is 8.19. The predicted molar refractivity (Wildman–Crippen MR) is 114 cm³/mol. The molecule has 0 atom stereocenters. The Balaban J connectivity index is 1.61. The summed E-state index contributed by atoms with van der Waals surface area (Å²) < 4.78 is 67.8. The molecule has 0 bridgehead atoms. The molecule has 2 aliphatic rings. The monoisotopic (exact) mass is 489 g/mol. The first-order chi connectivity index (χ1) is 15.3. The highest BCUT2D eigenvalue weighted by Crippen LogP contribution is 2.37. The number of carbonyl (C=O) groups excluding carboxylic acids is 1. The third-order valence-electron chi connectivity index (χ3n) is 5.54. The third kappa shape index (κ3) is 5.85. The third-order valence-corrected chi connectivity index (χ3v) is 7.46. The van der Waals surface area contributed by atoms with E-state index in [1.165, 1.54) is 4.31 Å². The van der Waals surface area contributed by atoms with Gasteiger partial charge in [0, 0.05) is 45.4 Å². The maximum absolute atomic E-state index is 12.9. The first-order valence-corrected chi connectivity index (χ1v) is 11.8. The number of ether oxygens (including phenoxy) is 1. The van der Waals surface area contributed by atoms with Crippen LogP contribution in [-0.4, -0.2) is 67.4 Å². The fourth-order valence-corrected chi connectivity index (χ4v) is 5.28. The molecule has 8 nitrogen and oxygen atoms in total. The molecule has 3 rings (SSSR count). The molecule has 1 saturated heterocycles. The van der Waals surface area contributed by atoms with Gasteiger partial charge in [-0.3, -0.25) is 4.79 Å². The van der Waals surface area contributed by atoms with Crippen molar-refractivity contribution in [1.29, 1.82) is 0 Å². The van der Waals surface area contributed by atoms with Gasteiger partial charge in [0.1, 0.15) is 17.1 Å². The number of benzene rings is 1. The molecule has 2 heterocycles. The van der Waals surface area contributed by atoms with Gasteiger partial charge in [-0.25, -0.2) is 8.42 Å². The summed E-state index contributed by atoms with van der Waals surface area (Å²) in [6, 6.07) is 4.07. The van der Waals surface area contributed by atoms with E-state index in [4.69, 9.17) is 4.84 Å². The molecule has 12 heteroatoms. The van der Waals surface area contributed by atoms with Gasteiger partial charge >= 0.3 is 6.36 Å². The molecule has 0 aliphatic carbocycles. The smallest absolute Gasteiger partial charge is 0.406 e. The number of likely N-dealkylation sites (N-methyl/N-ethyl adjacent to an activating group) is 1. The van der Waals surface area contributed by atoms with Crippen LogP contribution in [0.3, 0.4) is 0 Å². The number of carbonyl (C=O) groups is 1. The summed E-state index contributed by atoms with van der Waals surface area (Å²) in [4.78, 5) is 19.9. The summed E-state index contributed by atoms with van der Waals surface area (Å²) in [6.45, 7) is 8.69. The van der Waals surface area contributed by atoms with Crippen LogP contribution in [0.1, 0.15) is 33.1 Å². The molecule has 1 fully saturated rings. The summed E-state index contributed by atoms with van der Waals surface area (Å²) in [6.07, 6.45) is -3.91. The van der Waals surface area contributed by atoms with Gasteiger partial charge in [-0.15, -0.1) is 13.2 Å². The number of amides is 1. The minimum atomic E-state index is -4.86. The van der Waals surface area contributed by atoms with Crippen LogP contribution in [0.4, 0.5) is 13.2 Å². The van der Waals surface area contributed by atoms with E-state index in [0.29, 0.717) is 31.6 Å². The van der Waals surface area contributed by atoms with Crippen LogP contribution in [0.5, 0.6) is 5.75 Å². The van der Waals surface area contributed by atoms with Crippen molar-refractivity contribution in [3.63, 3.8) is 0 Å². The van der Waals surface area contributed by atoms with E-state index in [0.717, 1.165) is 29.8 Å². The minimum Gasteiger partial charge on any atom is -0.406 e.